The number of carbonyl (C=O) groups excluding carboxylic acids is 2. The van der Waals surface area contributed by atoms with E-state index in [1.54, 1.807) is 0 Å². The van der Waals surface area contributed by atoms with Gasteiger partial charge in [0.05, 0.1) is 23.7 Å². The first-order valence-corrected chi connectivity index (χ1v) is 8.43. The van der Waals surface area contributed by atoms with Crippen LogP contribution in [0.25, 0.3) is 0 Å². The van der Waals surface area contributed by atoms with Gasteiger partial charge >= 0.3 is 12.1 Å². The highest BCUT2D eigenvalue weighted by molar-refractivity contribution is 5.96. The molecule has 1 aliphatic rings. The Balaban J connectivity index is 2.07. The van der Waals surface area contributed by atoms with Crippen molar-refractivity contribution in [1.82, 2.24) is 4.90 Å². The van der Waals surface area contributed by atoms with Gasteiger partial charge in [-0.1, -0.05) is 19.9 Å². The second-order valence-electron chi connectivity index (χ2n) is 6.75. The summed E-state index contributed by atoms with van der Waals surface area (Å²) in [6, 6.07) is 2.44. The van der Waals surface area contributed by atoms with Crippen molar-refractivity contribution >= 4 is 11.9 Å². The molecule has 0 atom stereocenters. The molecule has 1 aliphatic heterocycles. The van der Waals surface area contributed by atoms with Crippen molar-refractivity contribution < 1.29 is 31.9 Å². The first-order valence-electron chi connectivity index (χ1n) is 8.43. The van der Waals surface area contributed by atoms with Crippen LogP contribution in [0.2, 0.25) is 0 Å². The fourth-order valence-corrected chi connectivity index (χ4v) is 2.82. The highest BCUT2D eigenvalue weighted by atomic mass is 19.4. The molecule has 144 valence electrons. The van der Waals surface area contributed by atoms with Crippen molar-refractivity contribution in [3.05, 3.63) is 35.1 Å². The number of carbonyl (C=O) groups is 2. The van der Waals surface area contributed by atoms with Crippen molar-refractivity contribution in [2.75, 3.05) is 19.7 Å². The lowest BCUT2D eigenvalue weighted by molar-refractivity contribution is -0.151. The predicted molar refractivity (Wildman–Crippen MR) is 85.8 cm³/mol. The van der Waals surface area contributed by atoms with Gasteiger partial charge < -0.3 is 9.64 Å². The van der Waals surface area contributed by atoms with Gasteiger partial charge in [0.1, 0.15) is 5.82 Å². The monoisotopic (exact) mass is 375 g/mol. The zero-order valence-corrected chi connectivity index (χ0v) is 14.6. The minimum atomic E-state index is -4.83. The number of alkyl halides is 3. The zero-order valence-electron chi connectivity index (χ0n) is 14.6. The number of amides is 1. The van der Waals surface area contributed by atoms with E-state index in [-0.39, 0.29) is 37.8 Å². The van der Waals surface area contributed by atoms with E-state index in [0.29, 0.717) is 12.7 Å². The van der Waals surface area contributed by atoms with Gasteiger partial charge in [-0.3, -0.25) is 9.59 Å². The quantitative estimate of drug-likeness (QED) is 0.592. The minimum absolute atomic E-state index is 0.0753. The van der Waals surface area contributed by atoms with Gasteiger partial charge in [0, 0.05) is 13.1 Å². The van der Waals surface area contributed by atoms with Crippen molar-refractivity contribution in [1.29, 1.82) is 0 Å². The van der Waals surface area contributed by atoms with Crippen LogP contribution in [0.1, 0.15) is 42.6 Å². The number of esters is 1. The fourth-order valence-electron chi connectivity index (χ4n) is 2.82. The Morgan fingerprint density at radius 1 is 1.23 bits per heavy atom. The zero-order chi connectivity index (χ0) is 19.5. The van der Waals surface area contributed by atoms with Crippen LogP contribution in [0.15, 0.2) is 18.2 Å². The molecule has 0 N–H and O–H groups in total. The van der Waals surface area contributed by atoms with Gasteiger partial charge in [-0.25, -0.2) is 4.39 Å². The molecule has 2 rings (SSSR count). The maximum Gasteiger partial charge on any atom is 0.417 e. The number of halogens is 4. The van der Waals surface area contributed by atoms with Crippen molar-refractivity contribution in [3.8, 4) is 0 Å². The van der Waals surface area contributed by atoms with Gasteiger partial charge in [-0.2, -0.15) is 13.2 Å². The van der Waals surface area contributed by atoms with E-state index in [0.717, 1.165) is 17.0 Å². The Morgan fingerprint density at radius 2 is 1.85 bits per heavy atom. The molecular formula is C18H21F4NO3. The van der Waals surface area contributed by atoms with Crippen molar-refractivity contribution in [2.45, 2.75) is 32.9 Å². The number of rotatable bonds is 4. The summed E-state index contributed by atoms with van der Waals surface area (Å²) in [7, 11) is 0. The highest BCUT2D eigenvalue weighted by Gasteiger charge is 2.39. The summed E-state index contributed by atoms with van der Waals surface area (Å²) in [6.45, 7) is 4.25. The van der Waals surface area contributed by atoms with Crippen LogP contribution in [0.4, 0.5) is 17.6 Å². The highest BCUT2D eigenvalue weighted by Crippen LogP contribution is 2.34. The Labute approximate surface area is 149 Å². The lowest BCUT2D eigenvalue weighted by Crippen LogP contribution is -2.41. The maximum atomic E-state index is 13.9. The molecule has 4 nitrogen and oxygen atoms in total. The summed E-state index contributed by atoms with van der Waals surface area (Å²) in [4.78, 5) is 25.6. The smallest absolute Gasteiger partial charge is 0.417 e. The van der Waals surface area contributed by atoms with Gasteiger partial charge in [0.2, 0.25) is 0 Å². The SMILES string of the molecule is CC(C)COC(=O)C1CCN(C(=O)c2c(F)cccc2C(F)(F)F)CC1. The van der Waals surface area contributed by atoms with E-state index in [2.05, 4.69) is 0 Å². The first-order chi connectivity index (χ1) is 12.1. The van der Waals surface area contributed by atoms with Gasteiger partial charge in [-0.05, 0) is 30.9 Å². The average Bonchev–Trinajstić information content (AvgIpc) is 2.58. The van der Waals surface area contributed by atoms with Crippen LogP contribution in [0, 0.1) is 17.7 Å². The summed E-state index contributed by atoms with van der Waals surface area (Å²) in [5.41, 5.74) is -2.26. The number of benzene rings is 1. The largest absolute Gasteiger partial charge is 0.465 e. The molecule has 0 spiro atoms. The van der Waals surface area contributed by atoms with Crippen LogP contribution < -0.4 is 0 Å². The first kappa shape index (κ1) is 20.2. The molecule has 0 radical (unpaired) electrons. The molecule has 1 heterocycles. The van der Waals surface area contributed by atoms with Crippen LogP contribution in [-0.2, 0) is 15.7 Å². The van der Waals surface area contributed by atoms with Crippen LogP contribution in [0.5, 0.6) is 0 Å². The van der Waals surface area contributed by atoms with Gasteiger partial charge in [0.15, 0.2) is 0 Å². The number of ether oxygens (including phenoxy) is 1. The molecule has 0 saturated carbocycles. The fraction of sp³-hybridized carbons (Fsp3) is 0.556. The molecule has 1 aromatic rings. The Hall–Kier alpha value is -2.12. The topological polar surface area (TPSA) is 46.6 Å². The predicted octanol–water partition coefficient (Wildman–Crippen LogP) is 3.90. The number of hydrogen-bond acceptors (Lipinski definition) is 3. The summed E-state index contributed by atoms with van der Waals surface area (Å²) in [5.74, 6) is -2.79. The molecule has 0 aliphatic carbocycles. The molecule has 26 heavy (non-hydrogen) atoms. The van der Waals surface area contributed by atoms with E-state index in [1.165, 1.54) is 0 Å². The molecular weight excluding hydrogens is 354 g/mol. The number of likely N-dealkylation sites (tertiary alicyclic amines) is 1. The van der Waals surface area contributed by atoms with E-state index < -0.39 is 34.9 Å². The summed E-state index contributed by atoms with van der Waals surface area (Å²) < 4.78 is 58.3. The average molecular weight is 375 g/mol. The van der Waals surface area contributed by atoms with Crippen LogP contribution >= 0.6 is 0 Å². The molecule has 1 saturated heterocycles. The lowest BCUT2D eigenvalue weighted by Gasteiger charge is -2.31. The number of hydrogen-bond donors (Lipinski definition) is 0. The molecule has 8 heteroatoms. The van der Waals surface area contributed by atoms with Crippen LogP contribution in [0.3, 0.4) is 0 Å². The Bertz CT molecular complexity index is 665. The molecule has 0 unspecified atom stereocenters. The third-order valence-corrected chi connectivity index (χ3v) is 4.21. The van der Waals surface area contributed by atoms with Crippen molar-refractivity contribution in [2.24, 2.45) is 11.8 Å². The Kier molecular flexibility index (Phi) is 6.26. The third-order valence-electron chi connectivity index (χ3n) is 4.21. The van der Waals surface area contributed by atoms with E-state index in [4.69, 9.17) is 4.74 Å². The van der Waals surface area contributed by atoms with Gasteiger partial charge in [-0.15, -0.1) is 0 Å². The maximum absolute atomic E-state index is 13.9. The molecule has 1 amide bonds. The minimum Gasteiger partial charge on any atom is -0.465 e. The summed E-state index contributed by atoms with van der Waals surface area (Å²) in [5, 5.41) is 0. The van der Waals surface area contributed by atoms with Crippen molar-refractivity contribution in [3.63, 3.8) is 0 Å². The summed E-state index contributed by atoms with van der Waals surface area (Å²) in [6.07, 6.45) is -4.27. The molecule has 0 bridgehead atoms. The number of piperidine rings is 1. The summed E-state index contributed by atoms with van der Waals surface area (Å²) >= 11 is 0. The second kappa shape index (κ2) is 8.05. The number of nitrogens with zero attached hydrogens (tertiary/aromatic N) is 1. The lowest BCUT2D eigenvalue weighted by atomic mass is 9.95. The second-order valence-corrected chi connectivity index (χ2v) is 6.75. The van der Waals surface area contributed by atoms with E-state index in [9.17, 15) is 27.2 Å². The van der Waals surface area contributed by atoms with E-state index >= 15 is 0 Å². The van der Waals surface area contributed by atoms with E-state index in [1.807, 2.05) is 13.8 Å². The third kappa shape index (κ3) is 4.74. The van der Waals surface area contributed by atoms with Crippen LogP contribution in [-0.4, -0.2) is 36.5 Å². The standard InChI is InChI=1S/C18H21F4NO3/c1-11(2)10-26-17(25)12-6-8-23(9-7-12)16(24)15-13(18(20,21)22)4-3-5-14(15)19/h3-5,11-12H,6-10H2,1-2H3. The molecule has 1 aromatic carbocycles. The molecule has 1 fully saturated rings. The molecule has 0 aromatic heterocycles. The Morgan fingerprint density at radius 3 is 2.38 bits per heavy atom. The normalized spacial score (nSPS) is 16.0. The van der Waals surface area contributed by atoms with Gasteiger partial charge in [0.25, 0.3) is 5.91 Å².